The number of anilines is 1. The number of amides is 1. The van der Waals surface area contributed by atoms with Crippen molar-refractivity contribution in [3.8, 4) is 0 Å². The highest BCUT2D eigenvalue weighted by molar-refractivity contribution is 7.89. The number of nitrogens with one attached hydrogen (secondary N) is 1. The molecule has 0 atom stereocenters. The standard InChI is InChI=1S/C21H23ClN4O3S2.ClH/c1-24-6-2-3-18-17(24)13-19(30-18)21(27)25-7-9-26(10-8-25)31(28,29)20-12-14-11-15(22)4-5-16(14)23-20;/h4-5,11-13,23H,2-3,6-10H2,1H3;1H. The fourth-order valence-corrected chi connectivity index (χ4v) is 7.10. The van der Waals surface area contributed by atoms with E-state index in [1.807, 2.05) is 6.07 Å². The van der Waals surface area contributed by atoms with Crippen molar-refractivity contribution in [2.24, 2.45) is 0 Å². The molecule has 32 heavy (non-hydrogen) atoms. The molecule has 1 aromatic carbocycles. The summed E-state index contributed by atoms with van der Waals surface area (Å²) in [6.45, 7) is 2.31. The number of H-pyrrole nitrogens is 1. The van der Waals surface area contributed by atoms with E-state index in [-0.39, 0.29) is 36.4 Å². The molecular weight excluding hydrogens is 491 g/mol. The quantitative estimate of drug-likeness (QED) is 0.575. The van der Waals surface area contributed by atoms with Gasteiger partial charge in [-0.3, -0.25) is 4.79 Å². The summed E-state index contributed by atoms with van der Waals surface area (Å²) in [6.07, 6.45) is 2.12. The molecule has 0 radical (unpaired) electrons. The van der Waals surface area contributed by atoms with Gasteiger partial charge in [0.25, 0.3) is 15.9 Å². The summed E-state index contributed by atoms with van der Waals surface area (Å²) < 4.78 is 27.7. The van der Waals surface area contributed by atoms with Crippen molar-refractivity contribution in [2.75, 3.05) is 44.7 Å². The number of hydrogen-bond acceptors (Lipinski definition) is 5. The lowest BCUT2D eigenvalue weighted by Gasteiger charge is -2.33. The number of piperazine rings is 1. The van der Waals surface area contributed by atoms with Crippen LogP contribution in [0.15, 0.2) is 35.4 Å². The van der Waals surface area contributed by atoms with Crippen molar-refractivity contribution in [3.05, 3.63) is 45.1 Å². The van der Waals surface area contributed by atoms with Gasteiger partial charge in [0.1, 0.15) is 5.03 Å². The van der Waals surface area contributed by atoms with E-state index in [0.29, 0.717) is 18.1 Å². The normalized spacial score (nSPS) is 17.3. The molecule has 172 valence electrons. The van der Waals surface area contributed by atoms with E-state index in [4.69, 9.17) is 11.6 Å². The predicted octanol–water partition coefficient (Wildman–Crippen LogP) is 3.83. The maximum absolute atomic E-state index is 13.1. The molecule has 11 heteroatoms. The van der Waals surface area contributed by atoms with Gasteiger partial charge >= 0.3 is 0 Å². The van der Waals surface area contributed by atoms with Crippen molar-refractivity contribution in [2.45, 2.75) is 17.9 Å². The molecule has 0 bridgehead atoms. The van der Waals surface area contributed by atoms with Crippen LogP contribution in [0.25, 0.3) is 10.9 Å². The number of hydrogen-bond donors (Lipinski definition) is 1. The zero-order chi connectivity index (χ0) is 21.8. The minimum atomic E-state index is -3.67. The first-order chi connectivity index (χ1) is 14.8. The Kier molecular flexibility index (Phi) is 6.48. The molecule has 2 aliphatic heterocycles. The highest BCUT2D eigenvalue weighted by Gasteiger charge is 2.32. The van der Waals surface area contributed by atoms with Crippen molar-refractivity contribution >= 4 is 67.9 Å². The van der Waals surface area contributed by atoms with Gasteiger partial charge in [-0.1, -0.05) is 11.6 Å². The summed E-state index contributed by atoms with van der Waals surface area (Å²) in [6, 6.07) is 8.83. The van der Waals surface area contributed by atoms with Gasteiger partial charge in [0.15, 0.2) is 0 Å². The van der Waals surface area contributed by atoms with Crippen LogP contribution in [0.3, 0.4) is 0 Å². The molecule has 0 unspecified atom stereocenters. The van der Waals surface area contributed by atoms with Crippen LogP contribution in [0, 0.1) is 0 Å². The first-order valence-corrected chi connectivity index (χ1v) is 12.9. The zero-order valence-electron chi connectivity index (χ0n) is 17.5. The topological polar surface area (TPSA) is 76.7 Å². The highest BCUT2D eigenvalue weighted by atomic mass is 35.5. The SMILES string of the molecule is CN1CCCc2sc(C(=O)N3CCN(S(=O)(=O)c4cc5cc(Cl)ccc5[nH]4)CC3)cc21.Cl. The summed E-state index contributed by atoms with van der Waals surface area (Å²) in [5.74, 6) is -0.00916. The smallest absolute Gasteiger partial charge is 0.264 e. The van der Waals surface area contributed by atoms with Crippen LogP contribution in [0.2, 0.25) is 5.02 Å². The van der Waals surface area contributed by atoms with E-state index in [9.17, 15) is 13.2 Å². The number of thiophene rings is 1. The fourth-order valence-electron chi connectivity index (χ4n) is 4.27. The van der Waals surface area contributed by atoms with Crippen LogP contribution in [0.5, 0.6) is 0 Å². The van der Waals surface area contributed by atoms with Gasteiger partial charge < -0.3 is 14.8 Å². The summed E-state index contributed by atoms with van der Waals surface area (Å²) in [4.78, 5) is 22.0. The zero-order valence-corrected chi connectivity index (χ0v) is 20.7. The Hall–Kier alpha value is -1.78. The maximum Gasteiger partial charge on any atom is 0.264 e. The molecule has 4 heterocycles. The predicted molar refractivity (Wildman–Crippen MR) is 131 cm³/mol. The Bertz CT molecular complexity index is 1260. The molecule has 0 aliphatic carbocycles. The third kappa shape index (κ3) is 4.12. The van der Waals surface area contributed by atoms with E-state index >= 15 is 0 Å². The average molecular weight is 515 g/mol. The second kappa shape index (κ2) is 8.87. The number of sulfonamides is 1. The summed E-state index contributed by atoms with van der Waals surface area (Å²) in [5.41, 5.74) is 1.88. The lowest BCUT2D eigenvalue weighted by molar-refractivity contribution is 0.0702. The number of rotatable bonds is 3. The number of aromatic amines is 1. The first kappa shape index (κ1) is 23.4. The van der Waals surface area contributed by atoms with Crippen LogP contribution in [-0.2, 0) is 16.4 Å². The van der Waals surface area contributed by atoms with Gasteiger partial charge in [-0.05, 0) is 43.2 Å². The second-order valence-corrected chi connectivity index (χ2v) is 11.5. The third-order valence-electron chi connectivity index (χ3n) is 6.01. The van der Waals surface area contributed by atoms with Crippen molar-refractivity contribution in [3.63, 3.8) is 0 Å². The number of carbonyl (C=O) groups is 1. The summed E-state index contributed by atoms with van der Waals surface area (Å²) in [5, 5.41) is 1.47. The van der Waals surface area contributed by atoms with Gasteiger partial charge in [-0.2, -0.15) is 4.31 Å². The number of benzene rings is 1. The summed E-state index contributed by atoms with van der Waals surface area (Å²) >= 11 is 7.58. The van der Waals surface area contributed by atoms with Crippen LogP contribution in [0.4, 0.5) is 5.69 Å². The molecule has 1 amide bonds. The molecule has 1 fully saturated rings. The minimum Gasteiger partial charge on any atom is -0.374 e. The highest BCUT2D eigenvalue weighted by Crippen LogP contribution is 2.35. The Morgan fingerprint density at radius 3 is 2.56 bits per heavy atom. The number of carbonyl (C=O) groups excluding carboxylic acids is 1. The van der Waals surface area contributed by atoms with Gasteiger partial charge in [0.05, 0.1) is 10.6 Å². The molecule has 0 saturated carbocycles. The lowest BCUT2D eigenvalue weighted by Crippen LogP contribution is -2.50. The average Bonchev–Trinajstić information content (AvgIpc) is 3.38. The van der Waals surface area contributed by atoms with Crippen molar-refractivity contribution < 1.29 is 13.2 Å². The van der Waals surface area contributed by atoms with Crippen molar-refractivity contribution in [1.29, 1.82) is 0 Å². The molecule has 5 rings (SSSR count). The second-order valence-electron chi connectivity index (χ2n) is 8.01. The fraction of sp³-hybridized carbons (Fsp3) is 0.381. The Morgan fingerprint density at radius 2 is 1.84 bits per heavy atom. The molecular formula is C21H24Cl2N4O3S2. The molecule has 0 spiro atoms. The number of aryl methyl sites for hydroxylation is 1. The lowest BCUT2D eigenvalue weighted by atomic mass is 10.1. The van der Waals surface area contributed by atoms with E-state index in [1.54, 1.807) is 40.5 Å². The van der Waals surface area contributed by atoms with Gasteiger partial charge in [-0.15, -0.1) is 23.7 Å². The van der Waals surface area contributed by atoms with Crippen LogP contribution < -0.4 is 4.90 Å². The maximum atomic E-state index is 13.1. The molecule has 2 aliphatic rings. The van der Waals surface area contributed by atoms with Gasteiger partial charge in [0.2, 0.25) is 0 Å². The first-order valence-electron chi connectivity index (χ1n) is 10.2. The number of fused-ring (bicyclic) bond motifs is 2. The van der Waals surface area contributed by atoms with Gasteiger partial charge in [0, 0.05) is 60.6 Å². The minimum absolute atomic E-state index is 0. The van der Waals surface area contributed by atoms with E-state index in [0.717, 1.165) is 40.9 Å². The molecule has 1 saturated heterocycles. The third-order valence-corrected chi connectivity index (χ3v) is 9.24. The van der Waals surface area contributed by atoms with Gasteiger partial charge in [-0.25, -0.2) is 8.42 Å². The van der Waals surface area contributed by atoms with Crippen LogP contribution in [-0.4, -0.2) is 68.3 Å². The molecule has 2 aromatic heterocycles. The van der Waals surface area contributed by atoms with Crippen molar-refractivity contribution in [1.82, 2.24) is 14.2 Å². The Balaban J connectivity index is 0.00000245. The number of nitrogens with zero attached hydrogens (tertiary/aromatic N) is 3. The van der Waals surface area contributed by atoms with Crippen LogP contribution in [0.1, 0.15) is 21.0 Å². The number of aromatic nitrogens is 1. The summed E-state index contributed by atoms with van der Waals surface area (Å²) in [7, 11) is -1.61. The van der Waals surface area contributed by atoms with E-state index in [2.05, 4.69) is 16.9 Å². The molecule has 7 nitrogen and oxygen atoms in total. The Labute approximate surface area is 202 Å². The Morgan fingerprint density at radius 1 is 1.09 bits per heavy atom. The molecule has 3 aromatic rings. The van der Waals surface area contributed by atoms with E-state index in [1.165, 1.54) is 9.18 Å². The van der Waals surface area contributed by atoms with Crippen LogP contribution >= 0.6 is 35.3 Å². The monoisotopic (exact) mass is 514 g/mol. The number of halogens is 2. The molecule has 1 N–H and O–H groups in total. The van der Waals surface area contributed by atoms with E-state index < -0.39 is 10.0 Å². The largest absolute Gasteiger partial charge is 0.374 e.